The van der Waals surface area contributed by atoms with E-state index in [4.69, 9.17) is 4.74 Å². The van der Waals surface area contributed by atoms with Gasteiger partial charge in [-0.1, -0.05) is 12.5 Å². The van der Waals surface area contributed by atoms with Gasteiger partial charge in [-0.25, -0.2) is 0 Å². The predicted octanol–water partition coefficient (Wildman–Crippen LogP) is 1.01. The molecular formula is C13H20N2O2. The van der Waals surface area contributed by atoms with Gasteiger partial charge in [0, 0.05) is 24.8 Å². The molecule has 1 saturated heterocycles. The number of ether oxygens (including phenoxy) is 1. The van der Waals surface area contributed by atoms with Gasteiger partial charge in [0.05, 0.1) is 13.2 Å². The van der Waals surface area contributed by atoms with Crippen LogP contribution in [0.25, 0.3) is 0 Å². The Balaban J connectivity index is 1.66. The van der Waals surface area contributed by atoms with Crippen LogP contribution in [0.1, 0.15) is 19.3 Å². The van der Waals surface area contributed by atoms with Gasteiger partial charge in [0.1, 0.15) is 0 Å². The summed E-state index contributed by atoms with van der Waals surface area (Å²) in [6.45, 7) is 3.09. The SMILES string of the molecule is O=c1ccccn1CCOCC1CCCCN1. The van der Waals surface area contributed by atoms with Crippen molar-refractivity contribution in [2.24, 2.45) is 0 Å². The fourth-order valence-electron chi connectivity index (χ4n) is 2.10. The first-order valence-corrected chi connectivity index (χ1v) is 6.33. The number of aromatic nitrogens is 1. The van der Waals surface area contributed by atoms with Crippen LogP contribution in [0, 0.1) is 0 Å². The van der Waals surface area contributed by atoms with Crippen molar-refractivity contribution in [1.29, 1.82) is 0 Å². The number of rotatable bonds is 5. The van der Waals surface area contributed by atoms with E-state index in [1.165, 1.54) is 19.3 Å². The van der Waals surface area contributed by atoms with Crippen LogP contribution in [0.5, 0.6) is 0 Å². The van der Waals surface area contributed by atoms with Crippen LogP contribution < -0.4 is 10.9 Å². The third-order valence-corrected chi connectivity index (χ3v) is 3.11. The Hall–Kier alpha value is -1.13. The Morgan fingerprint density at radius 3 is 3.12 bits per heavy atom. The average molecular weight is 236 g/mol. The Morgan fingerprint density at radius 2 is 2.35 bits per heavy atom. The Kier molecular flexibility index (Phi) is 4.76. The van der Waals surface area contributed by atoms with Gasteiger partial charge >= 0.3 is 0 Å². The fourth-order valence-corrected chi connectivity index (χ4v) is 2.10. The predicted molar refractivity (Wildman–Crippen MR) is 67.2 cm³/mol. The van der Waals surface area contributed by atoms with E-state index in [-0.39, 0.29) is 5.56 Å². The highest BCUT2D eigenvalue weighted by molar-refractivity contribution is 4.92. The Labute approximate surface area is 102 Å². The molecule has 0 aliphatic carbocycles. The fraction of sp³-hybridized carbons (Fsp3) is 0.615. The molecule has 1 aliphatic rings. The molecule has 94 valence electrons. The van der Waals surface area contributed by atoms with E-state index >= 15 is 0 Å². The number of piperidine rings is 1. The van der Waals surface area contributed by atoms with Gasteiger partial charge in [0.25, 0.3) is 5.56 Å². The smallest absolute Gasteiger partial charge is 0.250 e. The van der Waals surface area contributed by atoms with Crippen molar-refractivity contribution in [3.8, 4) is 0 Å². The summed E-state index contributed by atoms with van der Waals surface area (Å²) < 4.78 is 7.28. The molecule has 0 bridgehead atoms. The van der Waals surface area contributed by atoms with Crippen molar-refractivity contribution in [3.63, 3.8) is 0 Å². The summed E-state index contributed by atoms with van der Waals surface area (Å²) >= 11 is 0. The monoisotopic (exact) mass is 236 g/mol. The Morgan fingerprint density at radius 1 is 1.41 bits per heavy atom. The molecule has 1 unspecified atom stereocenters. The molecule has 0 saturated carbocycles. The maximum Gasteiger partial charge on any atom is 0.250 e. The van der Waals surface area contributed by atoms with E-state index in [9.17, 15) is 4.79 Å². The van der Waals surface area contributed by atoms with Gasteiger partial charge in [-0.05, 0) is 25.5 Å². The molecule has 2 heterocycles. The summed E-state index contributed by atoms with van der Waals surface area (Å²) in [4.78, 5) is 11.4. The summed E-state index contributed by atoms with van der Waals surface area (Å²) in [6, 6.07) is 5.69. The second-order valence-electron chi connectivity index (χ2n) is 4.45. The zero-order valence-corrected chi connectivity index (χ0v) is 10.1. The molecule has 1 atom stereocenters. The first kappa shape index (κ1) is 12.3. The molecule has 2 rings (SSSR count). The number of nitrogens with one attached hydrogen (secondary N) is 1. The van der Waals surface area contributed by atoms with E-state index in [1.54, 1.807) is 22.9 Å². The maximum absolute atomic E-state index is 11.4. The van der Waals surface area contributed by atoms with Gasteiger partial charge in [-0.15, -0.1) is 0 Å². The largest absolute Gasteiger partial charge is 0.378 e. The van der Waals surface area contributed by atoms with Crippen molar-refractivity contribution in [3.05, 3.63) is 34.7 Å². The van der Waals surface area contributed by atoms with E-state index in [0.717, 1.165) is 13.2 Å². The van der Waals surface area contributed by atoms with Crippen LogP contribution >= 0.6 is 0 Å². The highest BCUT2D eigenvalue weighted by Crippen LogP contribution is 2.06. The first-order chi connectivity index (χ1) is 8.36. The average Bonchev–Trinajstić information content (AvgIpc) is 2.38. The van der Waals surface area contributed by atoms with Crippen LogP contribution in [0.3, 0.4) is 0 Å². The highest BCUT2D eigenvalue weighted by Gasteiger charge is 2.11. The third kappa shape index (κ3) is 3.98. The minimum absolute atomic E-state index is 0.0342. The highest BCUT2D eigenvalue weighted by atomic mass is 16.5. The van der Waals surface area contributed by atoms with Crippen LogP contribution in [0.4, 0.5) is 0 Å². The van der Waals surface area contributed by atoms with Crippen molar-refractivity contribution in [2.45, 2.75) is 31.8 Å². The van der Waals surface area contributed by atoms with E-state index in [1.807, 2.05) is 6.07 Å². The van der Waals surface area contributed by atoms with Gasteiger partial charge in [0.2, 0.25) is 0 Å². The van der Waals surface area contributed by atoms with E-state index in [0.29, 0.717) is 19.2 Å². The number of hydrogen-bond acceptors (Lipinski definition) is 3. The summed E-state index contributed by atoms with van der Waals surface area (Å²) in [5.74, 6) is 0. The quantitative estimate of drug-likeness (QED) is 0.776. The molecule has 1 N–H and O–H groups in total. The summed E-state index contributed by atoms with van der Waals surface area (Å²) in [6.07, 6.45) is 5.56. The molecule has 4 nitrogen and oxygen atoms in total. The second kappa shape index (κ2) is 6.57. The summed E-state index contributed by atoms with van der Waals surface area (Å²) in [5.41, 5.74) is 0.0342. The molecule has 0 spiro atoms. The topological polar surface area (TPSA) is 43.3 Å². The van der Waals surface area contributed by atoms with Gasteiger partial charge < -0.3 is 14.6 Å². The molecule has 0 amide bonds. The second-order valence-corrected chi connectivity index (χ2v) is 4.45. The van der Waals surface area contributed by atoms with Crippen molar-refractivity contribution < 1.29 is 4.74 Å². The lowest BCUT2D eigenvalue weighted by atomic mass is 10.1. The van der Waals surface area contributed by atoms with Crippen LogP contribution in [-0.2, 0) is 11.3 Å². The molecule has 1 fully saturated rings. The van der Waals surface area contributed by atoms with Crippen molar-refractivity contribution >= 4 is 0 Å². The van der Waals surface area contributed by atoms with Crippen molar-refractivity contribution in [1.82, 2.24) is 9.88 Å². The lowest BCUT2D eigenvalue weighted by molar-refractivity contribution is 0.0963. The van der Waals surface area contributed by atoms with Crippen LogP contribution in [0.2, 0.25) is 0 Å². The third-order valence-electron chi connectivity index (χ3n) is 3.11. The molecule has 1 aromatic rings. The number of hydrogen-bond donors (Lipinski definition) is 1. The molecule has 0 radical (unpaired) electrons. The molecule has 1 aliphatic heterocycles. The minimum Gasteiger partial charge on any atom is -0.378 e. The molecule has 1 aromatic heterocycles. The summed E-state index contributed by atoms with van der Waals surface area (Å²) in [5, 5.41) is 3.44. The molecule has 17 heavy (non-hydrogen) atoms. The Bertz CT molecular complexity index is 383. The number of nitrogens with zero attached hydrogens (tertiary/aromatic N) is 1. The molecule has 4 heteroatoms. The zero-order chi connectivity index (χ0) is 11.9. The molecular weight excluding hydrogens is 216 g/mol. The van der Waals surface area contributed by atoms with Crippen LogP contribution in [-0.4, -0.2) is 30.4 Å². The lowest BCUT2D eigenvalue weighted by Crippen LogP contribution is -2.37. The van der Waals surface area contributed by atoms with Crippen LogP contribution in [0.15, 0.2) is 29.2 Å². The summed E-state index contributed by atoms with van der Waals surface area (Å²) in [7, 11) is 0. The van der Waals surface area contributed by atoms with Gasteiger partial charge in [-0.2, -0.15) is 0 Å². The van der Waals surface area contributed by atoms with E-state index in [2.05, 4.69) is 5.32 Å². The minimum atomic E-state index is 0.0342. The lowest BCUT2D eigenvalue weighted by Gasteiger charge is -2.23. The first-order valence-electron chi connectivity index (χ1n) is 6.33. The van der Waals surface area contributed by atoms with E-state index < -0.39 is 0 Å². The zero-order valence-electron chi connectivity index (χ0n) is 10.1. The van der Waals surface area contributed by atoms with Gasteiger partial charge in [0.15, 0.2) is 0 Å². The van der Waals surface area contributed by atoms with Gasteiger partial charge in [-0.3, -0.25) is 4.79 Å². The normalized spacial score (nSPS) is 20.4. The molecule has 0 aromatic carbocycles. The maximum atomic E-state index is 11.4. The van der Waals surface area contributed by atoms with Crippen molar-refractivity contribution in [2.75, 3.05) is 19.8 Å². The standard InChI is InChI=1S/C13H20N2O2/c16-13-6-2-4-8-15(13)9-10-17-11-12-5-1-3-7-14-12/h2,4,6,8,12,14H,1,3,5,7,9-11H2. The number of pyridine rings is 1.